The molecule has 0 spiro atoms. The maximum atomic E-state index is 11.7. The lowest BCUT2D eigenvalue weighted by Crippen LogP contribution is -2.19. The molecule has 0 aliphatic rings. The summed E-state index contributed by atoms with van der Waals surface area (Å²) >= 11 is 7.38. The zero-order chi connectivity index (χ0) is 14.8. The number of nitrogens with two attached hydrogens (primary N) is 1. The molecule has 2 rings (SSSR count). The Morgan fingerprint density at radius 3 is 2.45 bits per heavy atom. The first-order valence-electron chi connectivity index (χ1n) is 5.69. The lowest BCUT2D eigenvalue weighted by molar-refractivity contribution is 0.588. The summed E-state index contributed by atoms with van der Waals surface area (Å²) in [7, 11) is -2.18. The van der Waals surface area contributed by atoms with Crippen molar-refractivity contribution in [3.8, 4) is 0 Å². The Morgan fingerprint density at radius 1 is 1.15 bits per heavy atom. The molecule has 20 heavy (non-hydrogen) atoms. The van der Waals surface area contributed by atoms with E-state index in [-0.39, 0.29) is 10.6 Å². The van der Waals surface area contributed by atoms with Crippen molar-refractivity contribution in [2.45, 2.75) is 14.7 Å². The van der Waals surface area contributed by atoms with Crippen LogP contribution in [-0.2, 0) is 10.0 Å². The number of benzene rings is 2. The van der Waals surface area contributed by atoms with Crippen molar-refractivity contribution in [3.63, 3.8) is 0 Å². The molecular formula is C13H13ClN2O2S2. The van der Waals surface area contributed by atoms with Gasteiger partial charge in [-0.1, -0.05) is 29.4 Å². The fraction of sp³-hybridized carbons (Fsp3) is 0.0769. The second kappa shape index (κ2) is 6.05. The van der Waals surface area contributed by atoms with E-state index in [1.807, 2.05) is 18.2 Å². The molecule has 0 saturated carbocycles. The molecule has 0 aromatic heterocycles. The van der Waals surface area contributed by atoms with E-state index >= 15 is 0 Å². The molecule has 7 heteroatoms. The second-order valence-corrected chi connectivity index (χ2v) is 7.40. The summed E-state index contributed by atoms with van der Waals surface area (Å²) in [6.45, 7) is 0. The molecule has 106 valence electrons. The molecule has 0 saturated heterocycles. The Bertz CT molecular complexity index is 733. The smallest absolute Gasteiger partial charge is 0.242 e. The number of halogens is 1. The Balaban J connectivity index is 2.30. The molecule has 3 N–H and O–H groups in total. The van der Waals surface area contributed by atoms with Crippen molar-refractivity contribution in [1.82, 2.24) is 4.72 Å². The predicted octanol–water partition coefficient (Wildman–Crippen LogP) is 2.98. The van der Waals surface area contributed by atoms with Crippen LogP contribution in [0.3, 0.4) is 0 Å². The number of nitrogens with one attached hydrogen (secondary N) is 1. The second-order valence-electron chi connectivity index (χ2n) is 3.97. The van der Waals surface area contributed by atoms with Gasteiger partial charge in [-0.2, -0.15) is 0 Å². The van der Waals surface area contributed by atoms with Crippen LogP contribution in [0.1, 0.15) is 0 Å². The molecule has 0 atom stereocenters. The highest BCUT2D eigenvalue weighted by molar-refractivity contribution is 7.99. The first kappa shape index (κ1) is 15.2. The number of anilines is 1. The molecule has 0 bridgehead atoms. The molecule has 0 unspecified atom stereocenters. The van der Waals surface area contributed by atoms with Crippen LogP contribution in [0, 0.1) is 0 Å². The normalized spacial score (nSPS) is 11.5. The summed E-state index contributed by atoms with van der Waals surface area (Å²) in [6, 6.07) is 12.2. The molecule has 2 aromatic rings. The van der Waals surface area contributed by atoms with Crippen molar-refractivity contribution < 1.29 is 8.42 Å². The first-order valence-corrected chi connectivity index (χ1v) is 8.36. The fourth-order valence-electron chi connectivity index (χ4n) is 1.61. The zero-order valence-electron chi connectivity index (χ0n) is 10.6. The Hall–Kier alpha value is -1.21. The van der Waals surface area contributed by atoms with Gasteiger partial charge in [-0.05, 0) is 43.4 Å². The minimum absolute atomic E-state index is 0.0791. The standard InChI is InChI=1S/C13H13ClN2O2S2/c1-16-20(17,18)13-6-5-11(8-12(13)15)19-10-4-2-3-9(14)7-10/h2-8,16H,15H2,1H3. The molecule has 0 amide bonds. The highest BCUT2D eigenvalue weighted by Crippen LogP contribution is 2.32. The Morgan fingerprint density at radius 2 is 1.85 bits per heavy atom. The van der Waals surface area contributed by atoms with E-state index in [2.05, 4.69) is 4.72 Å². The average molecular weight is 329 g/mol. The van der Waals surface area contributed by atoms with Crippen LogP contribution >= 0.6 is 23.4 Å². The topological polar surface area (TPSA) is 72.2 Å². The van der Waals surface area contributed by atoms with Crippen LogP contribution < -0.4 is 10.5 Å². The van der Waals surface area contributed by atoms with Gasteiger partial charge < -0.3 is 5.73 Å². The summed E-state index contributed by atoms with van der Waals surface area (Å²) in [6.07, 6.45) is 0. The Labute approximate surface area is 127 Å². The molecule has 0 heterocycles. The third-order valence-corrected chi connectivity index (χ3v) is 5.27. The van der Waals surface area contributed by atoms with Crippen molar-refractivity contribution in [3.05, 3.63) is 47.5 Å². The molecule has 4 nitrogen and oxygen atoms in total. The van der Waals surface area contributed by atoms with E-state index in [0.29, 0.717) is 5.02 Å². The van der Waals surface area contributed by atoms with Crippen molar-refractivity contribution >= 4 is 39.1 Å². The molecule has 0 radical (unpaired) electrons. The predicted molar refractivity (Wildman–Crippen MR) is 82.7 cm³/mol. The van der Waals surface area contributed by atoms with Gasteiger partial charge in [0.05, 0.1) is 5.69 Å². The summed E-state index contributed by atoms with van der Waals surface area (Å²) < 4.78 is 25.7. The van der Waals surface area contributed by atoms with Crippen molar-refractivity contribution in [2.75, 3.05) is 12.8 Å². The number of hydrogen-bond acceptors (Lipinski definition) is 4. The van der Waals surface area contributed by atoms with Crippen LogP contribution in [0.2, 0.25) is 5.02 Å². The van der Waals surface area contributed by atoms with E-state index in [0.717, 1.165) is 9.79 Å². The van der Waals surface area contributed by atoms with Crippen LogP contribution in [0.25, 0.3) is 0 Å². The van der Waals surface area contributed by atoms with Gasteiger partial charge in [0, 0.05) is 14.8 Å². The SMILES string of the molecule is CNS(=O)(=O)c1ccc(Sc2cccc(Cl)c2)cc1N. The summed E-state index contributed by atoms with van der Waals surface area (Å²) in [5.74, 6) is 0. The maximum absolute atomic E-state index is 11.7. The average Bonchev–Trinajstić information content (AvgIpc) is 2.38. The van der Waals surface area contributed by atoms with E-state index in [1.54, 1.807) is 18.2 Å². The monoisotopic (exact) mass is 328 g/mol. The van der Waals surface area contributed by atoms with Gasteiger partial charge in [0.25, 0.3) is 0 Å². The van der Waals surface area contributed by atoms with Gasteiger partial charge >= 0.3 is 0 Å². The number of nitrogen functional groups attached to an aromatic ring is 1. The van der Waals surface area contributed by atoms with Gasteiger partial charge in [0.15, 0.2) is 0 Å². The molecule has 0 aliphatic carbocycles. The van der Waals surface area contributed by atoms with Crippen molar-refractivity contribution in [1.29, 1.82) is 0 Å². The van der Waals surface area contributed by atoms with Gasteiger partial charge in [-0.3, -0.25) is 0 Å². The Kier molecular flexibility index (Phi) is 4.59. The third-order valence-electron chi connectivity index (χ3n) is 2.57. The van der Waals surface area contributed by atoms with E-state index in [1.165, 1.54) is 24.9 Å². The lowest BCUT2D eigenvalue weighted by atomic mass is 10.3. The van der Waals surface area contributed by atoms with Gasteiger partial charge in [-0.25, -0.2) is 13.1 Å². The summed E-state index contributed by atoms with van der Waals surface area (Å²) in [5.41, 5.74) is 6.02. The molecule has 2 aromatic carbocycles. The highest BCUT2D eigenvalue weighted by atomic mass is 35.5. The summed E-state index contributed by atoms with van der Waals surface area (Å²) in [5, 5.41) is 0.650. The number of sulfonamides is 1. The summed E-state index contributed by atoms with van der Waals surface area (Å²) in [4.78, 5) is 1.89. The van der Waals surface area contributed by atoms with Crippen LogP contribution in [0.5, 0.6) is 0 Å². The van der Waals surface area contributed by atoms with Gasteiger partial charge in [0.1, 0.15) is 4.90 Å². The van der Waals surface area contributed by atoms with Crippen LogP contribution in [-0.4, -0.2) is 15.5 Å². The third kappa shape index (κ3) is 3.46. The number of rotatable bonds is 4. The molecule has 0 aliphatic heterocycles. The molecule has 0 fully saturated rings. The van der Waals surface area contributed by atoms with Crippen LogP contribution in [0.15, 0.2) is 57.2 Å². The van der Waals surface area contributed by atoms with Gasteiger partial charge in [-0.15, -0.1) is 0 Å². The highest BCUT2D eigenvalue weighted by Gasteiger charge is 2.15. The van der Waals surface area contributed by atoms with E-state index < -0.39 is 10.0 Å². The first-order chi connectivity index (χ1) is 9.42. The maximum Gasteiger partial charge on any atom is 0.242 e. The number of hydrogen-bond donors (Lipinski definition) is 2. The fourth-order valence-corrected chi connectivity index (χ4v) is 3.63. The van der Waals surface area contributed by atoms with Crippen LogP contribution in [0.4, 0.5) is 5.69 Å². The van der Waals surface area contributed by atoms with E-state index in [4.69, 9.17) is 17.3 Å². The zero-order valence-corrected chi connectivity index (χ0v) is 13.0. The lowest BCUT2D eigenvalue weighted by Gasteiger charge is -2.08. The minimum Gasteiger partial charge on any atom is -0.398 e. The quantitative estimate of drug-likeness (QED) is 0.846. The van der Waals surface area contributed by atoms with Gasteiger partial charge in [0.2, 0.25) is 10.0 Å². The van der Waals surface area contributed by atoms with E-state index in [9.17, 15) is 8.42 Å². The van der Waals surface area contributed by atoms with Crippen molar-refractivity contribution in [2.24, 2.45) is 0 Å². The minimum atomic E-state index is -3.53. The largest absolute Gasteiger partial charge is 0.398 e. The molecular weight excluding hydrogens is 316 g/mol.